The summed E-state index contributed by atoms with van der Waals surface area (Å²) in [6.45, 7) is 5.83. The second-order valence-corrected chi connectivity index (χ2v) is 9.38. The molecule has 0 spiro atoms. The molecule has 0 atom stereocenters. The van der Waals surface area contributed by atoms with Crippen molar-refractivity contribution in [2.75, 3.05) is 17.7 Å². The number of esters is 1. The number of aromatic nitrogens is 2. The number of carbonyl (C=O) groups excluding carboxylic acids is 2. The third-order valence-electron chi connectivity index (χ3n) is 3.71. The summed E-state index contributed by atoms with van der Waals surface area (Å²) in [7, 11) is 0. The van der Waals surface area contributed by atoms with E-state index < -0.39 is 5.97 Å². The topological polar surface area (TPSA) is 81.2 Å². The van der Waals surface area contributed by atoms with Crippen LogP contribution in [0.15, 0.2) is 34.7 Å². The van der Waals surface area contributed by atoms with Gasteiger partial charge in [0.05, 0.1) is 12.4 Å². The first-order valence-corrected chi connectivity index (χ1v) is 11.2. The van der Waals surface area contributed by atoms with Gasteiger partial charge >= 0.3 is 5.97 Å². The predicted octanol–water partition coefficient (Wildman–Crippen LogP) is 4.79. The van der Waals surface area contributed by atoms with Crippen LogP contribution in [-0.2, 0) is 9.53 Å². The number of nitrogens with one attached hydrogen (secondary N) is 1. The summed E-state index contributed by atoms with van der Waals surface area (Å²) in [5, 5.41) is 12.2. The molecule has 0 aliphatic heterocycles. The second-order valence-electron chi connectivity index (χ2n) is 5.75. The van der Waals surface area contributed by atoms with E-state index in [1.165, 1.54) is 34.4 Å². The molecule has 0 bridgehead atoms. The number of anilines is 1. The van der Waals surface area contributed by atoms with Gasteiger partial charge in [0.2, 0.25) is 5.91 Å². The molecule has 2 aromatic heterocycles. The fourth-order valence-electron chi connectivity index (χ4n) is 2.61. The quantitative estimate of drug-likeness (QED) is 0.426. The van der Waals surface area contributed by atoms with E-state index in [4.69, 9.17) is 4.74 Å². The smallest absolute Gasteiger partial charge is 0.341 e. The van der Waals surface area contributed by atoms with Crippen LogP contribution in [0.1, 0.15) is 27.2 Å². The van der Waals surface area contributed by atoms with Gasteiger partial charge in [0.25, 0.3) is 0 Å². The Bertz CT molecular complexity index is 983. The number of thiophene rings is 1. The highest BCUT2D eigenvalue weighted by atomic mass is 32.2. The first-order chi connectivity index (χ1) is 13.5. The minimum atomic E-state index is -0.437. The number of rotatable bonds is 7. The van der Waals surface area contributed by atoms with Crippen molar-refractivity contribution in [1.29, 1.82) is 0 Å². The van der Waals surface area contributed by atoms with Gasteiger partial charge < -0.3 is 10.1 Å². The summed E-state index contributed by atoms with van der Waals surface area (Å²) in [6.07, 6.45) is 0. The Morgan fingerprint density at radius 1 is 1.14 bits per heavy atom. The van der Waals surface area contributed by atoms with Gasteiger partial charge in [0.15, 0.2) is 4.34 Å². The number of carbonyl (C=O) groups is 2. The number of amides is 1. The number of thioether (sulfide) groups is 1. The van der Waals surface area contributed by atoms with E-state index in [1.807, 2.05) is 44.2 Å². The second kappa shape index (κ2) is 9.31. The molecular formula is C19H19N3O3S3. The molecule has 28 heavy (non-hydrogen) atoms. The van der Waals surface area contributed by atoms with Crippen molar-refractivity contribution < 1.29 is 14.3 Å². The lowest BCUT2D eigenvalue weighted by Crippen LogP contribution is -2.16. The van der Waals surface area contributed by atoms with E-state index in [2.05, 4.69) is 15.5 Å². The number of benzene rings is 1. The zero-order valence-corrected chi connectivity index (χ0v) is 18.1. The Morgan fingerprint density at radius 2 is 1.89 bits per heavy atom. The van der Waals surface area contributed by atoms with E-state index in [1.54, 1.807) is 6.92 Å². The molecule has 0 saturated carbocycles. The molecule has 2 heterocycles. The number of nitrogens with zero attached hydrogens (tertiary/aromatic N) is 2. The highest BCUT2D eigenvalue weighted by Gasteiger charge is 2.25. The summed E-state index contributed by atoms with van der Waals surface area (Å²) in [6, 6.07) is 9.64. The van der Waals surface area contributed by atoms with Crippen LogP contribution in [0.25, 0.3) is 11.1 Å². The van der Waals surface area contributed by atoms with Crippen LogP contribution in [-0.4, -0.2) is 34.4 Å². The molecule has 0 fully saturated rings. The lowest BCUT2D eigenvalue weighted by molar-refractivity contribution is -0.113. The fourth-order valence-corrected chi connectivity index (χ4v) is 5.31. The molecule has 0 aliphatic carbocycles. The lowest BCUT2D eigenvalue weighted by Gasteiger charge is -2.09. The van der Waals surface area contributed by atoms with Gasteiger partial charge in [0.1, 0.15) is 15.6 Å². The molecule has 146 valence electrons. The van der Waals surface area contributed by atoms with Crippen LogP contribution < -0.4 is 5.32 Å². The SMILES string of the molecule is CCOC(=O)c1c(NC(=O)CSc2nnc(C)s2)sc(C)c1-c1ccccc1. The maximum absolute atomic E-state index is 12.6. The molecule has 1 amide bonds. The van der Waals surface area contributed by atoms with Crippen molar-refractivity contribution in [3.8, 4) is 11.1 Å². The molecule has 9 heteroatoms. The van der Waals surface area contributed by atoms with Gasteiger partial charge in [-0.2, -0.15) is 0 Å². The molecule has 1 aromatic carbocycles. The van der Waals surface area contributed by atoms with E-state index in [9.17, 15) is 9.59 Å². The van der Waals surface area contributed by atoms with E-state index in [0.717, 1.165) is 25.4 Å². The van der Waals surface area contributed by atoms with Gasteiger partial charge in [-0.15, -0.1) is 21.5 Å². The summed E-state index contributed by atoms with van der Waals surface area (Å²) in [5.41, 5.74) is 2.12. The maximum atomic E-state index is 12.6. The summed E-state index contributed by atoms with van der Waals surface area (Å²) in [4.78, 5) is 26.1. The van der Waals surface area contributed by atoms with E-state index in [0.29, 0.717) is 10.6 Å². The van der Waals surface area contributed by atoms with Crippen molar-refractivity contribution in [2.45, 2.75) is 25.1 Å². The first kappa shape index (κ1) is 20.5. The van der Waals surface area contributed by atoms with Crippen LogP contribution in [0.3, 0.4) is 0 Å². The van der Waals surface area contributed by atoms with Crippen molar-refractivity contribution in [3.63, 3.8) is 0 Å². The maximum Gasteiger partial charge on any atom is 0.341 e. The van der Waals surface area contributed by atoms with Crippen molar-refractivity contribution in [3.05, 3.63) is 45.8 Å². The lowest BCUT2D eigenvalue weighted by atomic mass is 10.0. The van der Waals surface area contributed by atoms with Crippen LogP contribution in [0.4, 0.5) is 5.00 Å². The molecule has 0 unspecified atom stereocenters. The minimum absolute atomic E-state index is 0.189. The fraction of sp³-hybridized carbons (Fsp3) is 0.263. The van der Waals surface area contributed by atoms with Crippen LogP contribution in [0.5, 0.6) is 0 Å². The Kier molecular flexibility index (Phi) is 6.82. The Balaban J connectivity index is 1.85. The van der Waals surface area contributed by atoms with Crippen molar-refractivity contribution >= 4 is 51.3 Å². The average molecular weight is 434 g/mol. The molecule has 3 rings (SSSR count). The van der Waals surface area contributed by atoms with Crippen LogP contribution in [0.2, 0.25) is 0 Å². The van der Waals surface area contributed by atoms with Crippen LogP contribution >= 0.6 is 34.4 Å². The summed E-state index contributed by atoms with van der Waals surface area (Å²) in [5.74, 6) is -0.452. The third kappa shape index (κ3) is 4.78. The Hall–Kier alpha value is -2.23. The van der Waals surface area contributed by atoms with Crippen molar-refractivity contribution in [2.24, 2.45) is 0 Å². The molecule has 0 aliphatic rings. The molecule has 1 N–H and O–H groups in total. The minimum Gasteiger partial charge on any atom is -0.462 e. The number of hydrogen-bond donors (Lipinski definition) is 1. The predicted molar refractivity (Wildman–Crippen MR) is 114 cm³/mol. The third-order valence-corrected chi connectivity index (χ3v) is 6.71. The standard InChI is InChI=1S/C19H19N3O3S3/c1-4-25-18(24)16-15(13-8-6-5-7-9-13)11(2)27-17(16)20-14(23)10-26-19-22-21-12(3)28-19/h5-9H,4,10H2,1-3H3,(H,20,23). The Labute approximate surface area is 175 Å². The molecule has 3 aromatic rings. The van der Waals surface area contributed by atoms with Crippen LogP contribution in [0, 0.1) is 13.8 Å². The Morgan fingerprint density at radius 3 is 2.54 bits per heavy atom. The molecular weight excluding hydrogens is 414 g/mol. The molecule has 6 nitrogen and oxygen atoms in total. The zero-order chi connectivity index (χ0) is 20.1. The molecule has 0 saturated heterocycles. The van der Waals surface area contributed by atoms with Gasteiger partial charge in [-0.05, 0) is 26.3 Å². The number of aryl methyl sites for hydroxylation is 2. The van der Waals surface area contributed by atoms with Gasteiger partial charge in [0, 0.05) is 10.4 Å². The van der Waals surface area contributed by atoms with Gasteiger partial charge in [-0.25, -0.2) is 4.79 Å². The number of ether oxygens (including phenoxy) is 1. The molecule has 0 radical (unpaired) electrons. The average Bonchev–Trinajstić information content (AvgIpc) is 3.23. The van der Waals surface area contributed by atoms with E-state index in [-0.39, 0.29) is 18.3 Å². The highest BCUT2D eigenvalue weighted by Crippen LogP contribution is 2.40. The highest BCUT2D eigenvalue weighted by molar-refractivity contribution is 8.01. The summed E-state index contributed by atoms with van der Waals surface area (Å²) >= 11 is 4.14. The largest absolute Gasteiger partial charge is 0.462 e. The van der Waals surface area contributed by atoms with Gasteiger partial charge in [-0.1, -0.05) is 53.4 Å². The number of hydrogen-bond acceptors (Lipinski definition) is 8. The monoisotopic (exact) mass is 433 g/mol. The zero-order valence-electron chi connectivity index (χ0n) is 15.6. The van der Waals surface area contributed by atoms with Gasteiger partial charge in [-0.3, -0.25) is 4.79 Å². The van der Waals surface area contributed by atoms with E-state index >= 15 is 0 Å². The first-order valence-electron chi connectivity index (χ1n) is 8.58. The summed E-state index contributed by atoms with van der Waals surface area (Å²) < 4.78 is 5.99. The van der Waals surface area contributed by atoms with Crippen molar-refractivity contribution in [1.82, 2.24) is 10.2 Å². The normalized spacial score (nSPS) is 10.7.